The Morgan fingerprint density at radius 2 is 1.56 bits per heavy atom. The third kappa shape index (κ3) is 5.91. The molecule has 2 unspecified atom stereocenters. The first-order valence-electron chi connectivity index (χ1n) is 9.32. The van der Waals surface area contributed by atoms with Crippen molar-refractivity contribution in [3.05, 3.63) is 41.5 Å². The molecule has 0 bridgehead atoms. The molecule has 0 radical (unpaired) electrons. The number of carbonyl (C=O) groups is 2. The van der Waals surface area contributed by atoms with Gasteiger partial charge in [-0.3, -0.25) is 0 Å². The van der Waals surface area contributed by atoms with Gasteiger partial charge in [0.1, 0.15) is 0 Å². The number of unbranched alkanes of at least 4 members (excludes halogenated alkanes) is 3. The summed E-state index contributed by atoms with van der Waals surface area (Å²) >= 11 is 0. The molecule has 0 amide bonds. The van der Waals surface area contributed by atoms with Gasteiger partial charge in [-0.15, -0.1) is 0 Å². The molecule has 0 aromatic heterocycles. The quantitative estimate of drug-likeness (QED) is 0.485. The van der Waals surface area contributed by atoms with Gasteiger partial charge in [0.2, 0.25) is 0 Å². The Labute approximate surface area is 160 Å². The molecule has 0 N–H and O–H groups in total. The molecule has 1 aromatic carbocycles. The summed E-state index contributed by atoms with van der Waals surface area (Å²) in [5.41, 5.74) is 1.89. The smallest absolute Gasteiger partial charge is 0.338 e. The maximum atomic E-state index is 12.0. The van der Waals surface area contributed by atoms with Gasteiger partial charge in [-0.25, -0.2) is 9.59 Å². The highest BCUT2D eigenvalue weighted by Crippen LogP contribution is 2.30. The Hall–Kier alpha value is -2.18. The van der Waals surface area contributed by atoms with Crippen LogP contribution >= 0.6 is 0 Å². The van der Waals surface area contributed by atoms with Crippen LogP contribution in [0.15, 0.2) is 35.9 Å². The summed E-state index contributed by atoms with van der Waals surface area (Å²) in [5, 5.41) is 0. The van der Waals surface area contributed by atoms with Gasteiger partial charge in [0.25, 0.3) is 0 Å². The van der Waals surface area contributed by atoms with Gasteiger partial charge in [-0.2, -0.15) is 0 Å². The lowest BCUT2D eigenvalue weighted by molar-refractivity contribution is -0.160. The van der Waals surface area contributed by atoms with Crippen molar-refractivity contribution < 1.29 is 28.5 Å². The van der Waals surface area contributed by atoms with E-state index in [1.165, 1.54) is 14.2 Å². The van der Waals surface area contributed by atoms with E-state index in [1.54, 1.807) is 0 Å². The molecule has 148 valence electrons. The average Bonchev–Trinajstić information content (AvgIpc) is 3.15. The Morgan fingerprint density at radius 3 is 2.07 bits per heavy atom. The lowest BCUT2D eigenvalue weighted by Crippen LogP contribution is -2.38. The van der Waals surface area contributed by atoms with E-state index in [0.29, 0.717) is 0 Å². The number of hydrogen-bond acceptors (Lipinski definition) is 6. The first kappa shape index (κ1) is 21.1. The minimum absolute atomic E-state index is 0.655. The van der Waals surface area contributed by atoms with Crippen molar-refractivity contribution in [2.24, 2.45) is 0 Å². The van der Waals surface area contributed by atoms with E-state index in [-0.39, 0.29) is 0 Å². The van der Waals surface area contributed by atoms with Crippen molar-refractivity contribution in [1.29, 1.82) is 0 Å². The van der Waals surface area contributed by atoms with E-state index < -0.39 is 30.4 Å². The zero-order chi connectivity index (χ0) is 19.6. The number of benzene rings is 1. The minimum Gasteiger partial charge on any atom is -0.467 e. The number of hydrogen-bond donors (Lipinski definition) is 0. The molecule has 2 rings (SSSR count). The van der Waals surface area contributed by atoms with Crippen LogP contribution in [-0.4, -0.2) is 44.7 Å². The van der Waals surface area contributed by atoms with Gasteiger partial charge in [0.15, 0.2) is 18.5 Å². The van der Waals surface area contributed by atoms with Crippen LogP contribution in [0.25, 0.3) is 6.08 Å². The third-order valence-electron chi connectivity index (χ3n) is 4.46. The van der Waals surface area contributed by atoms with Crippen LogP contribution in [0.3, 0.4) is 0 Å². The number of carbonyl (C=O) groups excluding carboxylic acids is 2. The summed E-state index contributed by atoms with van der Waals surface area (Å²) in [6.07, 6.45) is 4.04. The van der Waals surface area contributed by atoms with Crippen LogP contribution in [0.4, 0.5) is 0 Å². The van der Waals surface area contributed by atoms with Crippen molar-refractivity contribution in [2.45, 2.75) is 57.5 Å². The van der Waals surface area contributed by atoms with E-state index in [2.05, 4.69) is 6.92 Å². The van der Waals surface area contributed by atoms with Gasteiger partial charge in [-0.05, 0) is 24.0 Å². The van der Waals surface area contributed by atoms with E-state index >= 15 is 0 Å². The molecular formula is C21H28O6. The van der Waals surface area contributed by atoms with Crippen LogP contribution in [-0.2, 0) is 28.5 Å². The van der Waals surface area contributed by atoms with E-state index in [0.717, 1.165) is 43.2 Å². The highest BCUT2D eigenvalue weighted by molar-refractivity contribution is 5.86. The summed E-state index contributed by atoms with van der Waals surface area (Å²) in [7, 11) is 2.50. The van der Waals surface area contributed by atoms with Crippen molar-refractivity contribution in [3.8, 4) is 0 Å². The fourth-order valence-corrected chi connectivity index (χ4v) is 2.98. The summed E-state index contributed by atoms with van der Waals surface area (Å²) in [6, 6.07) is 9.81. The molecule has 27 heavy (non-hydrogen) atoms. The normalized spacial score (nSPS) is 22.5. The second-order valence-corrected chi connectivity index (χ2v) is 6.43. The first-order valence-corrected chi connectivity index (χ1v) is 9.32. The van der Waals surface area contributed by atoms with Crippen molar-refractivity contribution in [2.75, 3.05) is 14.2 Å². The number of esters is 2. The largest absolute Gasteiger partial charge is 0.467 e. The summed E-state index contributed by atoms with van der Waals surface area (Å²) in [6.45, 7) is 2.16. The van der Waals surface area contributed by atoms with Gasteiger partial charge in [0.05, 0.1) is 14.2 Å². The molecule has 1 aliphatic rings. The maximum Gasteiger partial charge on any atom is 0.338 e. The van der Waals surface area contributed by atoms with E-state index in [9.17, 15) is 9.59 Å². The molecule has 0 aliphatic carbocycles. The lowest BCUT2D eigenvalue weighted by atomic mass is 10.0. The molecular weight excluding hydrogens is 348 g/mol. The molecule has 2 atom stereocenters. The molecule has 1 aliphatic heterocycles. The van der Waals surface area contributed by atoms with Crippen LogP contribution < -0.4 is 0 Å². The molecule has 0 spiro atoms. The van der Waals surface area contributed by atoms with Crippen molar-refractivity contribution in [3.63, 3.8) is 0 Å². The SMILES string of the molecule is CCCCCCC(=Cc1ccccc1)C1OC(C(=O)OC)C(C(=O)OC)O1. The lowest BCUT2D eigenvalue weighted by Gasteiger charge is -2.15. The summed E-state index contributed by atoms with van der Waals surface area (Å²) in [5.74, 6) is -1.31. The van der Waals surface area contributed by atoms with Crippen molar-refractivity contribution in [1.82, 2.24) is 0 Å². The highest BCUT2D eigenvalue weighted by Gasteiger charge is 2.47. The zero-order valence-electron chi connectivity index (χ0n) is 16.2. The Bertz CT molecular complexity index is 615. The van der Waals surface area contributed by atoms with Gasteiger partial charge in [0, 0.05) is 0 Å². The molecule has 0 saturated carbocycles. The summed E-state index contributed by atoms with van der Waals surface area (Å²) in [4.78, 5) is 24.0. The Kier molecular flexibility index (Phi) is 8.48. The van der Waals surface area contributed by atoms with Crippen LogP contribution in [0.1, 0.15) is 44.6 Å². The second kappa shape index (κ2) is 10.8. The number of rotatable bonds is 9. The highest BCUT2D eigenvalue weighted by atomic mass is 16.8. The van der Waals surface area contributed by atoms with Crippen molar-refractivity contribution >= 4 is 18.0 Å². The van der Waals surface area contributed by atoms with E-state index in [1.807, 2.05) is 36.4 Å². The molecule has 1 fully saturated rings. The zero-order valence-corrected chi connectivity index (χ0v) is 16.2. The van der Waals surface area contributed by atoms with Crippen LogP contribution in [0.5, 0.6) is 0 Å². The third-order valence-corrected chi connectivity index (χ3v) is 4.46. The number of ether oxygens (including phenoxy) is 4. The van der Waals surface area contributed by atoms with E-state index in [4.69, 9.17) is 18.9 Å². The molecule has 1 aromatic rings. The van der Waals surface area contributed by atoms with Gasteiger partial charge >= 0.3 is 11.9 Å². The molecule has 1 heterocycles. The fourth-order valence-electron chi connectivity index (χ4n) is 2.98. The topological polar surface area (TPSA) is 71.1 Å². The fraction of sp³-hybridized carbons (Fsp3) is 0.524. The standard InChI is InChI=1S/C21H28O6/c1-4-5-6-10-13-16(14-15-11-8-7-9-12-15)21-26-17(19(22)24-2)18(27-21)20(23)25-3/h7-9,11-12,14,17-18,21H,4-6,10,13H2,1-3H3. The minimum atomic E-state index is -1.14. The Balaban J connectivity index is 2.21. The maximum absolute atomic E-state index is 12.0. The predicted octanol–water partition coefficient (Wildman–Crippen LogP) is 3.50. The monoisotopic (exact) mass is 376 g/mol. The average molecular weight is 376 g/mol. The van der Waals surface area contributed by atoms with Gasteiger partial charge in [-0.1, -0.05) is 62.6 Å². The molecule has 6 heteroatoms. The molecule has 1 saturated heterocycles. The first-order chi connectivity index (χ1) is 13.1. The molecule has 6 nitrogen and oxygen atoms in total. The predicted molar refractivity (Wildman–Crippen MR) is 101 cm³/mol. The summed E-state index contributed by atoms with van der Waals surface area (Å²) < 4.78 is 21.0. The van der Waals surface area contributed by atoms with Crippen LogP contribution in [0.2, 0.25) is 0 Å². The number of methoxy groups -OCH3 is 2. The second-order valence-electron chi connectivity index (χ2n) is 6.43. The Morgan fingerprint density at radius 1 is 0.963 bits per heavy atom. The van der Waals surface area contributed by atoms with Gasteiger partial charge < -0.3 is 18.9 Å². The van der Waals surface area contributed by atoms with Crippen LogP contribution in [0, 0.1) is 0 Å².